The minimum atomic E-state index is -0.138. The third-order valence-corrected chi connectivity index (χ3v) is 5.44. The van der Waals surface area contributed by atoms with Gasteiger partial charge >= 0.3 is 6.03 Å². The molecule has 1 atom stereocenters. The minimum absolute atomic E-state index is 0.0415. The van der Waals surface area contributed by atoms with Gasteiger partial charge in [-0.15, -0.1) is 11.3 Å². The van der Waals surface area contributed by atoms with Gasteiger partial charge in [-0.1, -0.05) is 18.2 Å². The van der Waals surface area contributed by atoms with Gasteiger partial charge in [0.15, 0.2) is 0 Å². The zero-order valence-corrected chi connectivity index (χ0v) is 15.2. The Bertz CT molecular complexity index is 652. The van der Waals surface area contributed by atoms with E-state index in [0.29, 0.717) is 12.5 Å². The van der Waals surface area contributed by atoms with Crippen molar-refractivity contribution in [3.05, 3.63) is 52.2 Å². The van der Waals surface area contributed by atoms with Gasteiger partial charge in [0.25, 0.3) is 0 Å². The highest BCUT2D eigenvalue weighted by Gasteiger charge is 2.27. The van der Waals surface area contributed by atoms with E-state index in [1.165, 1.54) is 4.88 Å². The Morgan fingerprint density at radius 2 is 2.04 bits per heavy atom. The molecule has 3 rings (SSSR count). The van der Waals surface area contributed by atoms with E-state index in [4.69, 9.17) is 9.47 Å². The Morgan fingerprint density at radius 1 is 1.28 bits per heavy atom. The van der Waals surface area contributed by atoms with E-state index in [0.717, 1.165) is 37.4 Å². The van der Waals surface area contributed by atoms with Gasteiger partial charge < -0.3 is 20.1 Å². The van der Waals surface area contributed by atoms with Crippen LogP contribution in [0.3, 0.4) is 0 Å². The van der Waals surface area contributed by atoms with Gasteiger partial charge in [0, 0.05) is 24.6 Å². The number of thiophene rings is 1. The van der Waals surface area contributed by atoms with Crippen LogP contribution in [0.4, 0.5) is 4.79 Å². The Hall–Kier alpha value is -2.05. The molecule has 1 aromatic carbocycles. The van der Waals surface area contributed by atoms with Crippen molar-refractivity contribution in [2.75, 3.05) is 20.3 Å². The lowest BCUT2D eigenvalue weighted by atomic mass is 9.91. The largest absolute Gasteiger partial charge is 0.497 e. The average molecular weight is 360 g/mol. The summed E-state index contributed by atoms with van der Waals surface area (Å²) in [4.78, 5) is 13.6. The molecule has 2 N–H and O–H groups in total. The summed E-state index contributed by atoms with van der Waals surface area (Å²) in [6, 6.07) is 11.7. The monoisotopic (exact) mass is 360 g/mol. The summed E-state index contributed by atoms with van der Waals surface area (Å²) in [7, 11) is 1.64. The number of hydrogen-bond donors (Lipinski definition) is 2. The number of methoxy groups -OCH3 is 1. The second-order valence-electron chi connectivity index (χ2n) is 6.12. The predicted octanol–water partition coefficient (Wildman–Crippen LogP) is 3.72. The number of urea groups is 1. The quantitative estimate of drug-likeness (QED) is 0.825. The average Bonchev–Trinajstić information content (AvgIpc) is 3.20. The maximum Gasteiger partial charge on any atom is 0.315 e. The molecule has 2 heterocycles. The number of carbonyl (C=O) groups excluding carboxylic acids is 1. The van der Waals surface area contributed by atoms with Crippen molar-refractivity contribution < 1.29 is 14.3 Å². The highest BCUT2D eigenvalue weighted by Crippen LogP contribution is 2.32. The summed E-state index contributed by atoms with van der Waals surface area (Å²) in [6.07, 6.45) is 1.95. The van der Waals surface area contributed by atoms with Crippen LogP contribution in [0.1, 0.15) is 29.3 Å². The van der Waals surface area contributed by atoms with Gasteiger partial charge in [-0.05, 0) is 47.9 Å². The Labute approximate surface area is 152 Å². The summed E-state index contributed by atoms with van der Waals surface area (Å²) in [6.45, 7) is 2.02. The summed E-state index contributed by atoms with van der Waals surface area (Å²) in [5.41, 5.74) is 1.04. The molecule has 0 radical (unpaired) electrons. The fourth-order valence-corrected chi connectivity index (χ4v) is 3.93. The number of hydrogen-bond acceptors (Lipinski definition) is 4. The molecule has 2 aromatic rings. The highest BCUT2D eigenvalue weighted by molar-refractivity contribution is 7.10. The van der Waals surface area contributed by atoms with E-state index in [9.17, 15) is 4.79 Å². The van der Waals surface area contributed by atoms with E-state index in [-0.39, 0.29) is 12.1 Å². The van der Waals surface area contributed by atoms with Crippen LogP contribution in [0, 0.1) is 5.92 Å². The van der Waals surface area contributed by atoms with Gasteiger partial charge in [0.1, 0.15) is 5.75 Å². The first-order valence-corrected chi connectivity index (χ1v) is 9.42. The second-order valence-corrected chi connectivity index (χ2v) is 7.10. The number of nitrogens with one attached hydrogen (secondary N) is 2. The third-order valence-electron chi connectivity index (χ3n) is 4.49. The van der Waals surface area contributed by atoms with Crippen LogP contribution in [0.15, 0.2) is 41.8 Å². The van der Waals surface area contributed by atoms with E-state index < -0.39 is 0 Å². The number of amides is 2. The molecular weight excluding hydrogens is 336 g/mol. The zero-order valence-electron chi connectivity index (χ0n) is 14.4. The topological polar surface area (TPSA) is 59.6 Å². The van der Waals surface area contributed by atoms with Gasteiger partial charge in [0.05, 0.1) is 13.2 Å². The minimum Gasteiger partial charge on any atom is -0.497 e. The van der Waals surface area contributed by atoms with Gasteiger partial charge in [-0.25, -0.2) is 4.79 Å². The number of ether oxygens (including phenoxy) is 2. The molecule has 0 bridgehead atoms. The van der Waals surface area contributed by atoms with Crippen LogP contribution in [0.25, 0.3) is 0 Å². The van der Waals surface area contributed by atoms with E-state index >= 15 is 0 Å². The smallest absolute Gasteiger partial charge is 0.315 e. The van der Waals surface area contributed by atoms with Gasteiger partial charge in [0.2, 0.25) is 0 Å². The van der Waals surface area contributed by atoms with Crippen LogP contribution in [0.5, 0.6) is 5.75 Å². The van der Waals surface area contributed by atoms with Crippen molar-refractivity contribution in [2.24, 2.45) is 5.92 Å². The van der Waals surface area contributed by atoms with Gasteiger partial charge in [-0.2, -0.15) is 0 Å². The lowest BCUT2D eigenvalue weighted by Gasteiger charge is -2.30. The standard InChI is InChI=1S/C19H24N2O3S/c1-23-16-6-4-14(5-7-16)13-20-19(22)21-18(17-3-2-12-25-17)15-8-10-24-11-9-15/h2-7,12,15,18H,8-11,13H2,1H3,(H2,20,21,22). The van der Waals surface area contributed by atoms with Crippen molar-refractivity contribution in [3.63, 3.8) is 0 Å². The molecule has 1 aliphatic heterocycles. The predicted molar refractivity (Wildman–Crippen MR) is 99.0 cm³/mol. The summed E-state index contributed by atoms with van der Waals surface area (Å²) in [5.74, 6) is 1.23. The molecule has 1 aromatic heterocycles. The molecule has 25 heavy (non-hydrogen) atoms. The van der Waals surface area contributed by atoms with Crippen molar-refractivity contribution in [1.82, 2.24) is 10.6 Å². The SMILES string of the molecule is COc1ccc(CNC(=O)NC(c2cccs2)C2CCOCC2)cc1. The first-order chi connectivity index (χ1) is 12.3. The molecule has 5 nitrogen and oxygen atoms in total. The first kappa shape index (κ1) is 17.8. The first-order valence-electron chi connectivity index (χ1n) is 8.54. The van der Waals surface area contributed by atoms with Crippen LogP contribution in [0.2, 0.25) is 0 Å². The molecular formula is C19H24N2O3S. The van der Waals surface area contributed by atoms with E-state index in [1.807, 2.05) is 30.3 Å². The lowest BCUT2D eigenvalue weighted by Crippen LogP contribution is -2.41. The second kappa shape index (κ2) is 8.87. The van der Waals surface area contributed by atoms with Crippen molar-refractivity contribution in [1.29, 1.82) is 0 Å². The van der Waals surface area contributed by atoms with Crippen LogP contribution >= 0.6 is 11.3 Å². The Balaban J connectivity index is 1.57. The molecule has 2 amide bonds. The molecule has 6 heteroatoms. The molecule has 1 aliphatic rings. The lowest BCUT2D eigenvalue weighted by molar-refractivity contribution is 0.0552. The van der Waals surface area contributed by atoms with E-state index in [1.54, 1.807) is 18.4 Å². The summed E-state index contributed by atoms with van der Waals surface area (Å²) in [5, 5.41) is 8.17. The van der Waals surface area contributed by atoms with Crippen molar-refractivity contribution >= 4 is 17.4 Å². The molecule has 1 saturated heterocycles. The third kappa shape index (κ3) is 4.96. The zero-order chi connectivity index (χ0) is 17.5. The van der Waals surface area contributed by atoms with Crippen LogP contribution in [-0.4, -0.2) is 26.4 Å². The maximum atomic E-state index is 12.4. The molecule has 0 saturated carbocycles. The molecule has 1 fully saturated rings. The van der Waals surface area contributed by atoms with Gasteiger partial charge in [-0.3, -0.25) is 0 Å². The Kier molecular flexibility index (Phi) is 6.30. The summed E-state index contributed by atoms with van der Waals surface area (Å²) < 4.78 is 10.6. The van der Waals surface area contributed by atoms with Crippen LogP contribution in [-0.2, 0) is 11.3 Å². The fraction of sp³-hybridized carbons (Fsp3) is 0.421. The number of carbonyl (C=O) groups is 1. The van der Waals surface area contributed by atoms with Crippen LogP contribution < -0.4 is 15.4 Å². The Morgan fingerprint density at radius 3 is 2.68 bits per heavy atom. The number of benzene rings is 1. The normalized spacial score (nSPS) is 16.2. The molecule has 134 valence electrons. The highest BCUT2D eigenvalue weighted by atomic mass is 32.1. The maximum absolute atomic E-state index is 12.4. The molecule has 0 aliphatic carbocycles. The molecule has 1 unspecified atom stereocenters. The fourth-order valence-electron chi connectivity index (χ4n) is 3.06. The van der Waals surface area contributed by atoms with Crippen molar-refractivity contribution in [3.8, 4) is 5.75 Å². The van der Waals surface area contributed by atoms with Crippen molar-refractivity contribution in [2.45, 2.75) is 25.4 Å². The number of rotatable bonds is 6. The molecule has 0 spiro atoms. The summed E-state index contributed by atoms with van der Waals surface area (Å²) >= 11 is 1.69. The van der Waals surface area contributed by atoms with E-state index in [2.05, 4.69) is 22.1 Å².